The van der Waals surface area contributed by atoms with E-state index >= 15 is 0 Å². The first kappa shape index (κ1) is 13.5. The Morgan fingerprint density at radius 3 is 2.76 bits per heavy atom. The summed E-state index contributed by atoms with van der Waals surface area (Å²) in [6.07, 6.45) is 1.76. The minimum atomic E-state index is -0.200. The highest BCUT2D eigenvalue weighted by Gasteiger charge is 2.07. The third-order valence-electron chi connectivity index (χ3n) is 3.48. The number of aromatic amines is 1. The van der Waals surface area contributed by atoms with E-state index in [4.69, 9.17) is 5.73 Å². The Hall–Kier alpha value is -2.46. The molecule has 0 fully saturated rings. The van der Waals surface area contributed by atoms with E-state index in [0.717, 1.165) is 28.2 Å². The third-order valence-corrected chi connectivity index (χ3v) is 3.48. The van der Waals surface area contributed by atoms with Gasteiger partial charge in [0.05, 0.1) is 11.9 Å². The van der Waals surface area contributed by atoms with Gasteiger partial charge in [0, 0.05) is 17.7 Å². The first-order valence-electron chi connectivity index (χ1n) is 6.78. The zero-order valence-corrected chi connectivity index (χ0v) is 11.7. The topological polar surface area (TPSA) is 54.7 Å². The fourth-order valence-electron chi connectivity index (χ4n) is 2.27. The van der Waals surface area contributed by atoms with E-state index in [1.807, 2.05) is 30.3 Å². The highest BCUT2D eigenvalue weighted by Crippen LogP contribution is 2.24. The summed E-state index contributed by atoms with van der Waals surface area (Å²) in [5.41, 5.74) is 10.1. The van der Waals surface area contributed by atoms with Crippen LogP contribution >= 0.6 is 0 Å². The molecule has 0 saturated heterocycles. The van der Waals surface area contributed by atoms with Crippen LogP contribution in [0.3, 0.4) is 0 Å². The van der Waals surface area contributed by atoms with Gasteiger partial charge in [-0.25, -0.2) is 9.37 Å². The lowest BCUT2D eigenvalue weighted by atomic mass is 10.1. The number of nitrogens with one attached hydrogen (secondary N) is 1. The number of hydrogen-bond acceptors (Lipinski definition) is 2. The van der Waals surface area contributed by atoms with Gasteiger partial charge < -0.3 is 10.7 Å². The zero-order chi connectivity index (χ0) is 14.8. The van der Waals surface area contributed by atoms with E-state index in [1.165, 1.54) is 6.07 Å². The Labute approximate surface area is 122 Å². The van der Waals surface area contributed by atoms with Gasteiger partial charge in [-0.2, -0.15) is 0 Å². The minimum absolute atomic E-state index is 0.200. The quantitative estimate of drug-likeness (QED) is 0.770. The number of aromatic nitrogens is 2. The second kappa shape index (κ2) is 5.50. The van der Waals surface area contributed by atoms with Crippen molar-refractivity contribution in [2.24, 2.45) is 5.73 Å². The molecule has 21 heavy (non-hydrogen) atoms. The summed E-state index contributed by atoms with van der Waals surface area (Å²) in [7, 11) is 0. The van der Waals surface area contributed by atoms with Gasteiger partial charge in [-0.3, -0.25) is 0 Å². The molecule has 3 nitrogen and oxygen atoms in total. The van der Waals surface area contributed by atoms with Crippen LogP contribution in [0, 0.1) is 12.7 Å². The van der Waals surface area contributed by atoms with E-state index < -0.39 is 0 Å². The van der Waals surface area contributed by atoms with E-state index in [0.29, 0.717) is 12.1 Å². The van der Waals surface area contributed by atoms with Crippen LogP contribution in [0.15, 0.2) is 48.7 Å². The first-order chi connectivity index (χ1) is 10.2. The lowest BCUT2D eigenvalue weighted by Crippen LogP contribution is -1.96. The normalized spacial score (nSPS) is 10.8. The SMILES string of the molecule is Cc1cc(-c2cnc(-c3cccc(CN)c3)[nH]2)ccc1F. The van der Waals surface area contributed by atoms with Crippen molar-refractivity contribution in [3.05, 3.63) is 65.6 Å². The molecule has 0 spiro atoms. The van der Waals surface area contributed by atoms with Gasteiger partial charge in [0.15, 0.2) is 0 Å². The summed E-state index contributed by atoms with van der Waals surface area (Å²) in [6.45, 7) is 2.25. The van der Waals surface area contributed by atoms with Crippen molar-refractivity contribution in [3.8, 4) is 22.6 Å². The smallest absolute Gasteiger partial charge is 0.137 e. The lowest BCUT2D eigenvalue weighted by Gasteiger charge is -2.02. The number of benzene rings is 2. The molecule has 3 N–H and O–H groups in total. The molecule has 3 rings (SSSR count). The van der Waals surface area contributed by atoms with Crippen LogP contribution in [0.4, 0.5) is 4.39 Å². The Morgan fingerprint density at radius 2 is 2.00 bits per heavy atom. The molecule has 0 unspecified atom stereocenters. The molecule has 3 aromatic rings. The Balaban J connectivity index is 1.97. The largest absolute Gasteiger partial charge is 0.338 e. The van der Waals surface area contributed by atoms with Crippen LogP contribution in [-0.4, -0.2) is 9.97 Å². The van der Waals surface area contributed by atoms with Crippen LogP contribution in [0.1, 0.15) is 11.1 Å². The number of halogens is 1. The van der Waals surface area contributed by atoms with Gasteiger partial charge in [0.2, 0.25) is 0 Å². The van der Waals surface area contributed by atoms with E-state index in [1.54, 1.807) is 19.2 Å². The highest BCUT2D eigenvalue weighted by atomic mass is 19.1. The van der Waals surface area contributed by atoms with Crippen LogP contribution in [-0.2, 0) is 6.54 Å². The third kappa shape index (κ3) is 2.71. The average Bonchev–Trinajstić information content (AvgIpc) is 3.00. The predicted molar refractivity (Wildman–Crippen MR) is 82.0 cm³/mol. The second-order valence-electron chi connectivity index (χ2n) is 5.01. The fraction of sp³-hybridized carbons (Fsp3) is 0.118. The summed E-state index contributed by atoms with van der Waals surface area (Å²) in [4.78, 5) is 7.67. The number of aryl methyl sites for hydroxylation is 1. The number of nitrogens with zero attached hydrogens (tertiary/aromatic N) is 1. The summed E-state index contributed by atoms with van der Waals surface area (Å²) in [5.74, 6) is 0.580. The van der Waals surface area contributed by atoms with E-state index in [9.17, 15) is 4.39 Å². The van der Waals surface area contributed by atoms with Crippen molar-refractivity contribution in [1.29, 1.82) is 0 Å². The summed E-state index contributed by atoms with van der Waals surface area (Å²) >= 11 is 0. The minimum Gasteiger partial charge on any atom is -0.338 e. The highest BCUT2D eigenvalue weighted by molar-refractivity contribution is 5.65. The lowest BCUT2D eigenvalue weighted by molar-refractivity contribution is 0.619. The maximum atomic E-state index is 13.3. The van der Waals surface area contributed by atoms with Crippen molar-refractivity contribution < 1.29 is 4.39 Å². The molecule has 1 heterocycles. The molecule has 0 bridgehead atoms. The Morgan fingerprint density at radius 1 is 1.14 bits per heavy atom. The van der Waals surface area contributed by atoms with Gasteiger partial charge in [-0.05, 0) is 42.3 Å². The number of H-pyrrole nitrogens is 1. The number of nitrogens with two attached hydrogens (primary N) is 1. The summed E-state index contributed by atoms with van der Waals surface area (Å²) in [6, 6.07) is 13.0. The maximum absolute atomic E-state index is 13.3. The van der Waals surface area contributed by atoms with Crippen LogP contribution < -0.4 is 5.73 Å². The van der Waals surface area contributed by atoms with Crippen LogP contribution in [0.25, 0.3) is 22.6 Å². The summed E-state index contributed by atoms with van der Waals surface area (Å²) in [5, 5.41) is 0. The number of rotatable bonds is 3. The van der Waals surface area contributed by atoms with Crippen molar-refractivity contribution >= 4 is 0 Å². The molecule has 106 valence electrons. The molecule has 0 aliphatic rings. The van der Waals surface area contributed by atoms with Gasteiger partial charge in [0.1, 0.15) is 11.6 Å². The van der Waals surface area contributed by atoms with Crippen molar-refractivity contribution in [2.75, 3.05) is 0 Å². The second-order valence-corrected chi connectivity index (χ2v) is 5.01. The van der Waals surface area contributed by atoms with Gasteiger partial charge in [-0.1, -0.05) is 18.2 Å². The van der Waals surface area contributed by atoms with Crippen LogP contribution in [0.5, 0.6) is 0 Å². The number of imidazole rings is 1. The molecule has 0 aliphatic heterocycles. The van der Waals surface area contributed by atoms with Gasteiger partial charge in [0.25, 0.3) is 0 Å². The molecular weight excluding hydrogens is 265 g/mol. The molecule has 4 heteroatoms. The molecule has 0 saturated carbocycles. The van der Waals surface area contributed by atoms with Crippen molar-refractivity contribution in [1.82, 2.24) is 9.97 Å². The monoisotopic (exact) mass is 281 g/mol. The van der Waals surface area contributed by atoms with Crippen molar-refractivity contribution in [3.63, 3.8) is 0 Å². The van der Waals surface area contributed by atoms with E-state index in [2.05, 4.69) is 9.97 Å². The van der Waals surface area contributed by atoms with Crippen LogP contribution in [0.2, 0.25) is 0 Å². The molecule has 0 atom stereocenters. The Bertz CT molecular complexity index is 777. The molecule has 1 aromatic heterocycles. The molecule has 2 aromatic carbocycles. The van der Waals surface area contributed by atoms with Crippen molar-refractivity contribution in [2.45, 2.75) is 13.5 Å². The fourth-order valence-corrected chi connectivity index (χ4v) is 2.27. The van der Waals surface area contributed by atoms with E-state index in [-0.39, 0.29) is 5.82 Å². The van der Waals surface area contributed by atoms with Gasteiger partial charge >= 0.3 is 0 Å². The molecule has 0 amide bonds. The molecular formula is C17H16FN3. The zero-order valence-electron chi connectivity index (χ0n) is 11.7. The molecule has 0 aliphatic carbocycles. The maximum Gasteiger partial charge on any atom is 0.137 e. The summed E-state index contributed by atoms with van der Waals surface area (Å²) < 4.78 is 13.3. The predicted octanol–water partition coefficient (Wildman–Crippen LogP) is 3.65. The standard InChI is InChI=1S/C17H16FN3/c1-11-7-13(5-6-15(11)18)16-10-20-17(21-16)14-4-2-3-12(8-14)9-19/h2-8,10H,9,19H2,1H3,(H,20,21). The Kier molecular flexibility index (Phi) is 3.54. The van der Waals surface area contributed by atoms with Gasteiger partial charge in [-0.15, -0.1) is 0 Å². The first-order valence-corrected chi connectivity index (χ1v) is 6.78. The average molecular weight is 281 g/mol. The molecule has 0 radical (unpaired) electrons. The number of hydrogen-bond donors (Lipinski definition) is 2.